The van der Waals surface area contributed by atoms with Gasteiger partial charge in [-0.25, -0.2) is 4.98 Å². The van der Waals surface area contributed by atoms with Crippen molar-refractivity contribution in [1.29, 1.82) is 0 Å². The Hall–Kier alpha value is -3.16. The summed E-state index contributed by atoms with van der Waals surface area (Å²) in [5, 5.41) is 3.55. The summed E-state index contributed by atoms with van der Waals surface area (Å²) >= 11 is 1.56. The minimum absolute atomic E-state index is 0.204. The first-order valence-corrected chi connectivity index (χ1v) is 11.5. The number of rotatable bonds is 8. The van der Waals surface area contributed by atoms with Gasteiger partial charge in [0.1, 0.15) is 0 Å². The number of anilines is 1. The number of carbonyl (C=O) groups is 1. The van der Waals surface area contributed by atoms with Gasteiger partial charge in [-0.15, -0.1) is 11.3 Å². The van der Waals surface area contributed by atoms with Crippen LogP contribution in [0, 0.1) is 0 Å². The Morgan fingerprint density at radius 2 is 2.06 bits per heavy atom. The van der Waals surface area contributed by atoms with E-state index in [1.807, 2.05) is 31.2 Å². The first-order chi connectivity index (χ1) is 15.6. The van der Waals surface area contributed by atoms with Gasteiger partial charge in [-0.3, -0.25) is 15.0 Å². The number of amides is 1. The van der Waals surface area contributed by atoms with Crippen molar-refractivity contribution in [2.24, 2.45) is 0 Å². The van der Waals surface area contributed by atoms with Crippen molar-refractivity contribution in [2.45, 2.75) is 26.4 Å². The molecule has 0 unspecified atom stereocenters. The van der Waals surface area contributed by atoms with Crippen LogP contribution in [-0.2, 0) is 24.3 Å². The van der Waals surface area contributed by atoms with Crippen LogP contribution in [0.5, 0.6) is 11.5 Å². The normalized spacial score (nSPS) is 13.7. The number of methoxy groups -OCH3 is 1. The van der Waals surface area contributed by atoms with Crippen LogP contribution in [-0.4, -0.2) is 36.1 Å². The number of benzene rings is 2. The molecule has 1 aliphatic rings. The first kappa shape index (κ1) is 22.0. The third kappa shape index (κ3) is 5.55. The average molecular weight is 450 g/mol. The molecule has 0 spiro atoms. The zero-order chi connectivity index (χ0) is 22.3. The fraction of sp³-hybridized carbons (Fsp3) is 0.280. The molecule has 32 heavy (non-hydrogen) atoms. The van der Waals surface area contributed by atoms with Gasteiger partial charge in [-0.1, -0.05) is 36.4 Å². The molecule has 7 heteroatoms. The van der Waals surface area contributed by atoms with Crippen molar-refractivity contribution in [3.05, 3.63) is 76.3 Å². The van der Waals surface area contributed by atoms with Crippen LogP contribution in [0.4, 0.5) is 5.13 Å². The summed E-state index contributed by atoms with van der Waals surface area (Å²) in [6, 6.07) is 16.1. The SMILES string of the molecule is CCOc1ccc(/C=C/C(=O)Nc2nc3c(s2)CN(Cc2ccccc2)CC3)cc1OC. The summed E-state index contributed by atoms with van der Waals surface area (Å²) in [4.78, 5) is 20.7. The highest BCUT2D eigenvalue weighted by Gasteiger charge is 2.21. The fourth-order valence-electron chi connectivity index (χ4n) is 3.66. The highest BCUT2D eigenvalue weighted by atomic mass is 32.1. The molecule has 4 rings (SSSR count). The van der Waals surface area contributed by atoms with E-state index in [1.54, 1.807) is 24.5 Å². The van der Waals surface area contributed by atoms with Crippen LogP contribution < -0.4 is 14.8 Å². The number of nitrogens with zero attached hydrogens (tertiary/aromatic N) is 2. The molecular weight excluding hydrogens is 422 g/mol. The number of ether oxygens (including phenoxy) is 2. The molecule has 166 valence electrons. The van der Waals surface area contributed by atoms with Crippen molar-refractivity contribution in [2.75, 3.05) is 25.6 Å². The van der Waals surface area contributed by atoms with Gasteiger partial charge < -0.3 is 9.47 Å². The van der Waals surface area contributed by atoms with Crippen molar-refractivity contribution in [1.82, 2.24) is 9.88 Å². The number of thiazole rings is 1. The number of hydrogen-bond acceptors (Lipinski definition) is 6. The van der Waals surface area contributed by atoms with Gasteiger partial charge in [-0.2, -0.15) is 0 Å². The van der Waals surface area contributed by atoms with E-state index in [-0.39, 0.29) is 5.91 Å². The molecule has 0 aliphatic carbocycles. The van der Waals surface area contributed by atoms with Crippen LogP contribution in [0.3, 0.4) is 0 Å². The fourth-order valence-corrected chi connectivity index (χ4v) is 4.71. The van der Waals surface area contributed by atoms with E-state index in [9.17, 15) is 4.79 Å². The van der Waals surface area contributed by atoms with Gasteiger partial charge in [0.2, 0.25) is 5.91 Å². The summed E-state index contributed by atoms with van der Waals surface area (Å²) in [7, 11) is 1.60. The Bertz CT molecular complexity index is 1100. The highest BCUT2D eigenvalue weighted by molar-refractivity contribution is 7.15. The molecule has 0 fully saturated rings. The molecule has 1 N–H and O–H groups in total. The molecular formula is C25H27N3O3S. The molecule has 2 heterocycles. The quantitative estimate of drug-likeness (QED) is 0.503. The van der Waals surface area contributed by atoms with E-state index in [2.05, 4.69) is 39.5 Å². The average Bonchev–Trinajstić information content (AvgIpc) is 3.20. The van der Waals surface area contributed by atoms with Crippen molar-refractivity contribution in [3.63, 3.8) is 0 Å². The van der Waals surface area contributed by atoms with Crippen LogP contribution in [0.25, 0.3) is 6.08 Å². The monoisotopic (exact) mass is 449 g/mol. The zero-order valence-corrected chi connectivity index (χ0v) is 19.2. The minimum atomic E-state index is -0.204. The maximum Gasteiger partial charge on any atom is 0.250 e. The largest absolute Gasteiger partial charge is 0.493 e. The van der Waals surface area contributed by atoms with E-state index in [0.29, 0.717) is 23.2 Å². The molecule has 0 bridgehead atoms. The van der Waals surface area contributed by atoms with Crippen molar-refractivity contribution >= 4 is 28.5 Å². The second-order valence-corrected chi connectivity index (χ2v) is 8.58. The number of fused-ring (bicyclic) bond motifs is 1. The molecule has 0 saturated heterocycles. The second kappa shape index (κ2) is 10.4. The lowest BCUT2D eigenvalue weighted by molar-refractivity contribution is -0.111. The van der Waals surface area contributed by atoms with E-state index >= 15 is 0 Å². The summed E-state index contributed by atoms with van der Waals surface area (Å²) in [5.74, 6) is 1.12. The lowest BCUT2D eigenvalue weighted by Crippen LogP contribution is -2.29. The van der Waals surface area contributed by atoms with Crippen molar-refractivity contribution in [3.8, 4) is 11.5 Å². The predicted molar refractivity (Wildman–Crippen MR) is 128 cm³/mol. The van der Waals surface area contributed by atoms with Crippen LogP contribution in [0.1, 0.15) is 28.6 Å². The number of aromatic nitrogens is 1. The van der Waals surface area contributed by atoms with E-state index in [1.165, 1.54) is 16.5 Å². The molecule has 6 nitrogen and oxygen atoms in total. The lowest BCUT2D eigenvalue weighted by Gasteiger charge is -2.25. The third-order valence-corrected chi connectivity index (χ3v) is 6.20. The molecule has 1 aromatic heterocycles. The highest BCUT2D eigenvalue weighted by Crippen LogP contribution is 2.30. The van der Waals surface area contributed by atoms with Gasteiger partial charge in [0.25, 0.3) is 0 Å². The Kier molecular flexibility index (Phi) is 7.19. The Morgan fingerprint density at radius 3 is 2.84 bits per heavy atom. The molecule has 0 radical (unpaired) electrons. The van der Waals surface area contributed by atoms with Crippen molar-refractivity contribution < 1.29 is 14.3 Å². The summed E-state index contributed by atoms with van der Waals surface area (Å²) < 4.78 is 10.9. The minimum Gasteiger partial charge on any atom is -0.493 e. The number of nitrogens with one attached hydrogen (secondary N) is 1. The first-order valence-electron chi connectivity index (χ1n) is 10.7. The molecule has 0 saturated carbocycles. The summed E-state index contributed by atoms with van der Waals surface area (Å²) in [6.45, 7) is 5.25. The van der Waals surface area contributed by atoms with Gasteiger partial charge >= 0.3 is 0 Å². The maximum absolute atomic E-state index is 12.4. The van der Waals surface area contributed by atoms with Crippen LogP contribution in [0.2, 0.25) is 0 Å². The number of hydrogen-bond donors (Lipinski definition) is 1. The third-order valence-electron chi connectivity index (χ3n) is 5.20. The maximum atomic E-state index is 12.4. The molecule has 3 aromatic rings. The topological polar surface area (TPSA) is 63.7 Å². The van der Waals surface area contributed by atoms with Crippen LogP contribution in [0.15, 0.2) is 54.6 Å². The van der Waals surface area contributed by atoms with Gasteiger partial charge in [0.15, 0.2) is 16.6 Å². The molecule has 1 aliphatic heterocycles. The summed E-state index contributed by atoms with van der Waals surface area (Å²) in [6.07, 6.45) is 4.16. The van der Waals surface area contributed by atoms with Gasteiger partial charge in [0, 0.05) is 37.0 Å². The predicted octanol–water partition coefficient (Wildman–Crippen LogP) is 4.76. The number of carbonyl (C=O) groups excluding carboxylic acids is 1. The Morgan fingerprint density at radius 1 is 1.22 bits per heavy atom. The van der Waals surface area contributed by atoms with Crippen LogP contribution >= 0.6 is 11.3 Å². The Labute approximate surface area is 192 Å². The molecule has 1 amide bonds. The van der Waals surface area contributed by atoms with E-state index in [0.717, 1.165) is 37.3 Å². The molecule has 0 atom stereocenters. The zero-order valence-electron chi connectivity index (χ0n) is 18.3. The smallest absolute Gasteiger partial charge is 0.250 e. The second-order valence-electron chi connectivity index (χ2n) is 7.50. The van der Waals surface area contributed by atoms with E-state index < -0.39 is 0 Å². The molecule has 2 aromatic carbocycles. The van der Waals surface area contributed by atoms with Gasteiger partial charge in [0.05, 0.1) is 19.4 Å². The van der Waals surface area contributed by atoms with Gasteiger partial charge in [-0.05, 0) is 36.3 Å². The van der Waals surface area contributed by atoms with E-state index in [4.69, 9.17) is 9.47 Å². The Balaban J connectivity index is 1.36. The summed E-state index contributed by atoms with van der Waals surface area (Å²) in [5.41, 5.74) is 3.26. The standard InChI is InChI=1S/C25H27N3O3S/c1-3-31-21-11-9-18(15-22(21)30-2)10-12-24(29)27-25-26-20-13-14-28(17-23(20)32-25)16-19-7-5-4-6-8-19/h4-12,15H,3,13-14,16-17H2,1-2H3,(H,26,27,29)/b12-10+. The lowest BCUT2D eigenvalue weighted by atomic mass is 10.1.